The molecule has 4 aliphatic carbocycles. The number of hydrogen-bond donors (Lipinski definition) is 2. The zero-order chi connectivity index (χ0) is 18.7. The number of rotatable bonds is 3. The Labute approximate surface area is 158 Å². The highest BCUT2D eigenvalue weighted by atomic mass is 16.3. The fourth-order valence-corrected chi connectivity index (χ4v) is 7.95. The Hall–Kier alpha value is -0.670. The summed E-state index contributed by atoms with van der Waals surface area (Å²) < 4.78 is 0. The molecule has 146 valence electrons. The predicted molar refractivity (Wildman–Crippen MR) is 103 cm³/mol. The van der Waals surface area contributed by atoms with Gasteiger partial charge in [0.1, 0.15) is 0 Å². The number of hydrogen-bond acceptors (Lipinski definition) is 3. The number of allylic oxidation sites excluding steroid dienone is 2. The van der Waals surface area contributed by atoms with E-state index < -0.39 is 5.60 Å². The van der Waals surface area contributed by atoms with Crippen LogP contribution in [-0.4, -0.2) is 28.2 Å². The van der Waals surface area contributed by atoms with E-state index in [1.165, 1.54) is 18.4 Å². The maximum Gasteiger partial charge on any atom is 0.155 e. The summed E-state index contributed by atoms with van der Waals surface area (Å²) in [7, 11) is 0. The third-order valence-corrected chi connectivity index (χ3v) is 9.65. The van der Waals surface area contributed by atoms with Crippen molar-refractivity contribution < 1.29 is 15.0 Å². The van der Waals surface area contributed by atoms with Gasteiger partial charge in [-0.1, -0.05) is 19.4 Å². The first-order valence-electron chi connectivity index (χ1n) is 10.8. The molecule has 4 aliphatic rings. The van der Waals surface area contributed by atoms with E-state index in [9.17, 15) is 15.0 Å². The SMILES string of the molecule is CC1=CC(=O)C[C@@H]2CC[C@@H]3[C@H](CC[C@@]4(C)[C@H]3CC[C@@]4(O)CCCO)[C@@]12C. The molecular formula is C23H36O3. The Morgan fingerprint density at radius 1 is 1.12 bits per heavy atom. The van der Waals surface area contributed by atoms with Crippen LogP contribution in [0.2, 0.25) is 0 Å². The Morgan fingerprint density at radius 2 is 1.85 bits per heavy atom. The first kappa shape index (κ1) is 18.7. The Morgan fingerprint density at radius 3 is 2.58 bits per heavy atom. The van der Waals surface area contributed by atoms with E-state index in [1.54, 1.807) is 0 Å². The minimum Gasteiger partial charge on any atom is -0.396 e. The molecule has 3 heteroatoms. The van der Waals surface area contributed by atoms with Crippen LogP contribution in [0.4, 0.5) is 0 Å². The third-order valence-electron chi connectivity index (χ3n) is 9.65. The molecule has 4 rings (SSSR count). The molecule has 26 heavy (non-hydrogen) atoms. The van der Waals surface area contributed by atoms with Gasteiger partial charge >= 0.3 is 0 Å². The van der Waals surface area contributed by atoms with Gasteiger partial charge in [-0.2, -0.15) is 0 Å². The maximum absolute atomic E-state index is 12.1. The molecule has 3 nitrogen and oxygen atoms in total. The van der Waals surface area contributed by atoms with E-state index in [4.69, 9.17) is 0 Å². The van der Waals surface area contributed by atoms with Gasteiger partial charge in [0.15, 0.2) is 5.78 Å². The zero-order valence-electron chi connectivity index (χ0n) is 16.8. The van der Waals surface area contributed by atoms with Crippen LogP contribution < -0.4 is 0 Å². The second kappa shape index (κ2) is 6.17. The number of ketones is 1. The third kappa shape index (κ3) is 2.35. The van der Waals surface area contributed by atoms with Gasteiger partial charge in [0, 0.05) is 13.0 Å². The number of carbonyl (C=O) groups is 1. The molecule has 0 aromatic carbocycles. The number of carbonyl (C=O) groups excluding carboxylic acids is 1. The van der Waals surface area contributed by atoms with Gasteiger partial charge in [-0.3, -0.25) is 4.79 Å². The van der Waals surface area contributed by atoms with Crippen molar-refractivity contribution in [3.63, 3.8) is 0 Å². The lowest BCUT2D eigenvalue weighted by atomic mass is 9.44. The van der Waals surface area contributed by atoms with Crippen molar-refractivity contribution in [3.8, 4) is 0 Å². The first-order valence-corrected chi connectivity index (χ1v) is 10.8. The molecule has 0 bridgehead atoms. The van der Waals surface area contributed by atoms with E-state index in [1.807, 2.05) is 6.08 Å². The van der Waals surface area contributed by atoms with Gasteiger partial charge in [0.25, 0.3) is 0 Å². The Bertz CT molecular complexity index is 625. The average molecular weight is 361 g/mol. The second-order valence-corrected chi connectivity index (χ2v) is 10.3. The second-order valence-electron chi connectivity index (χ2n) is 10.3. The normalized spacial score (nSPS) is 50.7. The van der Waals surface area contributed by atoms with Gasteiger partial charge in [0.05, 0.1) is 5.60 Å². The zero-order valence-corrected chi connectivity index (χ0v) is 16.8. The molecule has 0 aliphatic heterocycles. The van der Waals surface area contributed by atoms with E-state index in [0.29, 0.717) is 35.9 Å². The highest BCUT2D eigenvalue weighted by Crippen LogP contribution is 2.68. The van der Waals surface area contributed by atoms with Crippen LogP contribution in [0.3, 0.4) is 0 Å². The molecule has 0 unspecified atom stereocenters. The summed E-state index contributed by atoms with van der Waals surface area (Å²) in [5.74, 6) is 2.76. The van der Waals surface area contributed by atoms with Crippen LogP contribution in [0.5, 0.6) is 0 Å². The molecule has 3 fully saturated rings. The fourth-order valence-electron chi connectivity index (χ4n) is 7.95. The van der Waals surface area contributed by atoms with E-state index in [0.717, 1.165) is 38.5 Å². The largest absolute Gasteiger partial charge is 0.396 e. The summed E-state index contributed by atoms with van der Waals surface area (Å²) in [5, 5.41) is 20.8. The first-order chi connectivity index (χ1) is 12.3. The number of aliphatic hydroxyl groups excluding tert-OH is 1. The molecule has 0 aromatic heterocycles. The monoisotopic (exact) mass is 360 g/mol. The van der Waals surface area contributed by atoms with Gasteiger partial charge < -0.3 is 10.2 Å². The Kier molecular flexibility index (Phi) is 4.43. The quantitative estimate of drug-likeness (QED) is 0.790. The molecule has 0 saturated heterocycles. The van der Waals surface area contributed by atoms with Crippen molar-refractivity contribution in [2.24, 2.45) is 34.5 Å². The fraction of sp³-hybridized carbons (Fsp3) is 0.870. The van der Waals surface area contributed by atoms with Crippen LogP contribution in [0.25, 0.3) is 0 Å². The number of aliphatic hydroxyl groups is 2. The minimum atomic E-state index is -0.601. The van der Waals surface area contributed by atoms with E-state index in [2.05, 4.69) is 20.8 Å². The van der Waals surface area contributed by atoms with Gasteiger partial charge in [-0.25, -0.2) is 0 Å². The lowest BCUT2D eigenvalue weighted by Crippen LogP contribution is -2.56. The summed E-state index contributed by atoms with van der Waals surface area (Å²) in [5.41, 5.74) is 0.875. The standard InChI is InChI=1S/C23H36O3/c1-15-13-17(25)14-16-5-6-18-19-8-11-23(26,9-4-12-24)21(19,2)10-7-20(18)22(15,16)3/h13,16,18-20,24,26H,4-12,14H2,1-3H3/t16-,18-,19-,20-,21-,22-,23-/m0/s1. The molecule has 0 heterocycles. The molecule has 2 N–H and O–H groups in total. The molecular weight excluding hydrogens is 324 g/mol. The van der Waals surface area contributed by atoms with E-state index >= 15 is 0 Å². The molecule has 0 radical (unpaired) electrons. The van der Waals surface area contributed by atoms with Gasteiger partial charge in [0.2, 0.25) is 0 Å². The van der Waals surface area contributed by atoms with Crippen molar-refractivity contribution in [2.45, 2.75) is 84.2 Å². The summed E-state index contributed by atoms with van der Waals surface area (Å²) in [6.45, 7) is 7.13. The smallest absolute Gasteiger partial charge is 0.155 e. The number of fused-ring (bicyclic) bond motifs is 5. The van der Waals surface area contributed by atoms with Crippen LogP contribution >= 0.6 is 0 Å². The highest BCUT2D eigenvalue weighted by Gasteiger charge is 2.64. The van der Waals surface area contributed by atoms with Gasteiger partial charge in [-0.15, -0.1) is 0 Å². The molecule has 7 atom stereocenters. The Balaban J connectivity index is 1.65. The summed E-state index contributed by atoms with van der Waals surface area (Å²) >= 11 is 0. The van der Waals surface area contributed by atoms with Crippen LogP contribution in [0.15, 0.2) is 11.6 Å². The lowest BCUT2D eigenvalue weighted by molar-refractivity contribution is -0.145. The highest BCUT2D eigenvalue weighted by molar-refractivity contribution is 5.91. The molecule has 0 spiro atoms. The molecule has 3 saturated carbocycles. The van der Waals surface area contributed by atoms with Crippen molar-refractivity contribution in [1.82, 2.24) is 0 Å². The van der Waals surface area contributed by atoms with Crippen LogP contribution in [0, 0.1) is 34.5 Å². The van der Waals surface area contributed by atoms with Crippen molar-refractivity contribution in [1.29, 1.82) is 0 Å². The van der Waals surface area contributed by atoms with Crippen LogP contribution in [0.1, 0.15) is 78.6 Å². The summed E-state index contributed by atoms with van der Waals surface area (Å²) in [4.78, 5) is 12.1. The van der Waals surface area contributed by atoms with Gasteiger partial charge in [-0.05, 0) is 98.9 Å². The predicted octanol–water partition coefficient (Wildman–Crippen LogP) is 4.27. The maximum atomic E-state index is 12.1. The average Bonchev–Trinajstić information content (AvgIpc) is 2.86. The molecule has 0 amide bonds. The molecule has 0 aromatic rings. The summed E-state index contributed by atoms with van der Waals surface area (Å²) in [6.07, 6.45) is 10.8. The minimum absolute atomic E-state index is 0.00532. The lowest BCUT2D eigenvalue weighted by Gasteiger charge is -2.61. The van der Waals surface area contributed by atoms with Crippen molar-refractivity contribution in [2.75, 3.05) is 6.61 Å². The topological polar surface area (TPSA) is 57.5 Å². The van der Waals surface area contributed by atoms with Crippen molar-refractivity contribution in [3.05, 3.63) is 11.6 Å². The summed E-state index contributed by atoms with van der Waals surface area (Å²) in [6, 6.07) is 0. The van der Waals surface area contributed by atoms with E-state index in [-0.39, 0.29) is 17.4 Å². The van der Waals surface area contributed by atoms with Crippen molar-refractivity contribution >= 4 is 5.78 Å². The van der Waals surface area contributed by atoms with Crippen LogP contribution in [-0.2, 0) is 4.79 Å².